The Labute approximate surface area is 188 Å². The molecular formula is C21H20ClF3N2O4S. The van der Waals surface area contributed by atoms with E-state index in [1.54, 1.807) is 13.8 Å². The zero-order chi connectivity index (χ0) is 24.0. The number of nitrogens with zero attached hydrogens (tertiary/aromatic N) is 1. The molecule has 1 aliphatic rings. The zero-order valence-electron chi connectivity index (χ0n) is 17.4. The van der Waals surface area contributed by atoms with E-state index in [2.05, 4.69) is 5.32 Å². The fourth-order valence-electron chi connectivity index (χ4n) is 3.77. The molecule has 2 amide bonds. The van der Waals surface area contributed by atoms with Crippen LogP contribution in [0, 0.1) is 20.8 Å². The van der Waals surface area contributed by atoms with Crippen LogP contribution in [-0.2, 0) is 25.8 Å². The first kappa shape index (κ1) is 24.1. The minimum absolute atomic E-state index is 0.107. The number of benzene rings is 2. The molecule has 1 atom stereocenters. The van der Waals surface area contributed by atoms with Crippen LogP contribution < -0.4 is 5.32 Å². The first-order valence-corrected chi connectivity index (χ1v) is 11.4. The SMILES string of the molecule is Cc1cc(C)c(NC(=O)C2CCC(=O)N2S(=O)(=O)c2cc(C(F)(F)F)ccc2Cl)c(C)c1. The number of nitrogens with one attached hydrogen (secondary N) is 1. The quantitative estimate of drug-likeness (QED) is 0.681. The van der Waals surface area contributed by atoms with Crippen LogP contribution in [0.5, 0.6) is 0 Å². The number of amides is 2. The molecule has 3 rings (SSSR count). The Morgan fingerprint density at radius 1 is 1.12 bits per heavy atom. The number of hydrogen-bond donors (Lipinski definition) is 1. The van der Waals surface area contributed by atoms with Crippen molar-refractivity contribution in [3.63, 3.8) is 0 Å². The molecule has 0 saturated carbocycles. The van der Waals surface area contributed by atoms with Gasteiger partial charge in [0.05, 0.1) is 10.6 Å². The number of carbonyl (C=O) groups excluding carboxylic acids is 2. The van der Waals surface area contributed by atoms with Gasteiger partial charge in [0.2, 0.25) is 11.8 Å². The van der Waals surface area contributed by atoms with Gasteiger partial charge in [-0.15, -0.1) is 0 Å². The van der Waals surface area contributed by atoms with Gasteiger partial charge in [-0.1, -0.05) is 29.3 Å². The molecule has 172 valence electrons. The van der Waals surface area contributed by atoms with Crippen molar-refractivity contribution in [1.82, 2.24) is 4.31 Å². The van der Waals surface area contributed by atoms with E-state index in [1.165, 1.54) is 0 Å². The van der Waals surface area contributed by atoms with Crippen molar-refractivity contribution in [1.29, 1.82) is 0 Å². The molecule has 32 heavy (non-hydrogen) atoms. The largest absolute Gasteiger partial charge is 0.416 e. The predicted molar refractivity (Wildman–Crippen MR) is 113 cm³/mol. The highest BCUT2D eigenvalue weighted by Gasteiger charge is 2.45. The maximum absolute atomic E-state index is 13.2. The Hall–Kier alpha value is -2.59. The number of carbonyl (C=O) groups is 2. The molecule has 1 unspecified atom stereocenters. The van der Waals surface area contributed by atoms with Crippen molar-refractivity contribution in [2.45, 2.75) is 50.7 Å². The van der Waals surface area contributed by atoms with Crippen LogP contribution in [0.1, 0.15) is 35.1 Å². The van der Waals surface area contributed by atoms with Gasteiger partial charge in [0.1, 0.15) is 10.9 Å². The number of sulfonamides is 1. The van der Waals surface area contributed by atoms with Crippen molar-refractivity contribution in [2.75, 3.05) is 5.32 Å². The first-order chi connectivity index (χ1) is 14.7. The molecule has 1 N–H and O–H groups in total. The second-order valence-electron chi connectivity index (χ2n) is 7.66. The highest BCUT2D eigenvalue weighted by molar-refractivity contribution is 7.89. The third kappa shape index (κ3) is 4.47. The van der Waals surface area contributed by atoms with Crippen molar-refractivity contribution in [3.05, 3.63) is 57.6 Å². The van der Waals surface area contributed by atoms with Crippen LogP contribution in [0.15, 0.2) is 35.2 Å². The maximum atomic E-state index is 13.2. The highest BCUT2D eigenvalue weighted by Crippen LogP contribution is 2.36. The summed E-state index contributed by atoms with van der Waals surface area (Å²) in [4.78, 5) is 24.5. The molecule has 1 aliphatic heterocycles. The van der Waals surface area contributed by atoms with E-state index in [9.17, 15) is 31.2 Å². The number of hydrogen-bond acceptors (Lipinski definition) is 4. The van der Waals surface area contributed by atoms with E-state index in [0.29, 0.717) is 22.1 Å². The third-order valence-corrected chi connectivity index (χ3v) is 7.50. The predicted octanol–water partition coefficient (Wildman–Crippen LogP) is 4.60. The van der Waals surface area contributed by atoms with Gasteiger partial charge in [-0.25, -0.2) is 12.7 Å². The minimum atomic E-state index is -4.82. The number of halogens is 4. The minimum Gasteiger partial charge on any atom is -0.324 e. The molecule has 1 saturated heterocycles. The number of anilines is 1. The first-order valence-electron chi connectivity index (χ1n) is 9.56. The van der Waals surface area contributed by atoms with Crippen LogP contribution in [0.2, 0.25) is 5.02 Å². The number of alkyl halides is 3. The van der Waals surface area contributed by atoms with Crippen molar-refractivity contribution >= 4 is 39.1 Å². The summed E-state index contributed by atoms with van der Waals surface area (Å²) in [5, 5.41) is 2.18. The molecule has 0 spiro atoms. The van der Waals surface area contributed by atoms with Gasteiger partial charge in [-0.3, -0.25) is 9.59 Å². The summed E-state index contributed by atoms with van der Waals surface area (Å²) < 4.78 is 66.0. The van der Waals surface area contributed by atoms with Crippen LogP contribution in [0.3, 0.4) is 0 Å². The Bertz CT molecular complexity index is 1190. The summed E-state index contributed by atoms with van der Waals surface area (Å²) in [6.07, 6.45) is -5.18. The van der Waals surface area contributed by atoms with Crippen LogP contribution in [0.25, 0.3) is 0 Å². The molecule has 2 aromatic carbocycles. The molecule has 0 bridgehead atoms. The Balaban J connectivity index is 2.00. The average Bonchev–Trinajstić information content (AvgIpc) is 3.06. The lowest BCUT2D eigenvalue weighted by atomic mass is 10.0. The lowest BCUT2D eigenvalue weighted by Gasteiger charge is -2.25. The van der Waals surface area contributed by atoms with E-state index in [1.807, 2.05) is 19.1 Å². The standard InChI is InChI=1S/C21H20ClF3N2O4S/c1-11-8-12(2)19(13(3)9-11)26-20(29)16-6-7-18(28)27(16)32(30,31)17-10-14(21(23,24)25)4-5-15(17)22/h4-5,8-10,16H,6-7H2,1-3H3,(H,26,29). The molecule has 2 aromatic rings. The van der Waals surface area contributed by atoms with Crippen LogP contribution in [-0.4, -0.2) is 30.6 Å². The number of aryl methyl sites for hydroxylation is 3. The zero-order valence-corrected chi connectivity index (χ0v) is 19.0. The van der Waals surface area contributed by atoms with Gasteiger partial charge in [0, 0.05) is 12.1 Å². The van der Waals surface area contributed by atoms with Gasteiger partial charge in [-0.2, -0.15) is 13.2 Å². The summed E-state index contributed by atoms with van der Waals surface area (Å²) in [5.41, 5.74) is 1.71. The molecule has 6 nitrogen and oxygen atoms in total. The molecule has 0 aliphatic carbocycles. The molecule has 0 aromatic heterocycles. The van der Waals surface area contributed by atoms with Gasteiger partial charge < -0.3 is 5.32 Å². The molecular weight excluding hydrogens is 469 g/mol. The van der Waals surface area contributed by atoms with E-state index < -0.39 is 49.5 Å². The monoisotopic (exact) mass is 488 g/mol. The van der Waals surface area contributed by atoms with Crippen molar-refractivity contribution in [2.24, 2.45) is 0 Å². The van der Waals surface area contributed by atoms with E-state index in [4.69, 9.17) is 11.6 Å². The van der Waals surface area contributed by atoms with E-state index in [-0.39, 0.29) is 12.8 Å². The maximum Gasteiger partial charge on any atom is 0.416 e. The molecule has 11 heteroatoms. The normalized spacial score (nSPS) is 17.0. The lowest BCUT2D eigenvalue weighted by Crippen LogP contribution is -2.45. The van der Waals surface area contributed by atoms with Gasteiger partial charge in [0.15, 0.2) is 0 Å². The second-order valence-corrected chi connectivity index (χ2v) is 9.85. The van der Waals surface area contributed by atoms with Gasteiger partial charge in [-0.05, 0) is 56.5 Å². The Kier molecular flexibility index (Phi) is 6.32. The Morgan fingerprint density at radius 2 is 1.72 bits per heavy atom. The lowest BCUT2D eigenvalue weighted by molar-refractivity contribution is -0.137. The summed E-state index contributed by atoms with van der Waals surface area (Å²) in [6, 6.07) is 4.05. The highest BCUT2D eigenvalue weighted by atomic mass is 35.5. The second kappa shape index (κ2) is 8.40. The van der Waals surface area contributed by atoms with Crippen molar-refractivity contribution < 1.29 is 31.2 Å². The smallest absolute Gasteiger partial charge is 0.324 e. The fourth-order valence-corrected chi connectivity index (χ4v) is 5.88. The average molecular weight is 489 g/mol. The third-order valence-electron chi connectivity index (χ3n) is 5.18. The van der Waals surface area contributed by atoms with E-state index >= 15 is 0 Å². The fraction of sp³-hybridized carbons (Fsp3) is 0.333. The van der Waals surface area contributed by atoms with Crippen LogP contribution >= 0.6 is 11.6 Å². The van der Waals surface area contributed by atoms with Gasteiger partial charge >= 0.3 is 6.18 Å². The summed E-state index contributed by atoms with van der Waals surface area (Å²) >= 11 is 5.89. The van der Waals surface area contributed by atoms with Crippen molar-refractivity contribution in [3.8, 4) is 0 Å². The summed E-state index contributed by atoms with van der Waals surface area (Å²) in [5.74, 6) is -1.64. The Morgan fingerprint density at radius 3 is 2.28 bits per heavy atom. The van der Waals surface area contributed by atoms with E-state index in [0.717, 1.165) is 22.8 Å². The summed E-state index contributed by atoms with van der Waals surface area (Å²) in [6.45, 7) is 5.42. The topological polar surface area (TPSA) is 83.6 Å². The van der Waals surface area contributed by atoms with Gasteiger partial charge in [0.25, 0.3) is 10.0 Å². The number of rotatable bonds is 4. The summed E-state index contributed by atoms with van der Waals surface area (Å²) in [7, 11) is -4.82. The molecule has 1 fully saturated rings. The molecule has 0 radical (unpaired) electrons. The molecule has 1 heterocycles. The van der Waals surface area contributed by atoms with Crippen LogP contribution in [0.4, 0.5) is 18.9 Å².